The lowest BCUT2D eigenvalue weighted by Crippen LogP contribution is -2.43. The van der Waals surface area contributed by atoms with E-state index < -0.39 is 5.82 Å². The Morgan fingerprint density at radius 3 is 3.10 bits per heavy atom. The Kier molecular flexibility index (Phi) is 5.38. The largest absolute Gasteiger partial charge is 0.492 e. The topological polar surface area (TPSA) is 61.8 Å². The summed E-state index contributed by atoms with van der Waals surface area (Å²) >= 11 is 0. The molecule has 2 rings (SSSR count). The van der Waals surface area contributed by atoms with Gasteiger partial charge in [-0.25, -0.2) is 9.18 Å². The van der Waals surface area contributed by atoms with Crippen LogP contribution in [0.2, 0.25) is 0 Å². The number of urea groups is 1. The Bertz CT molecular complexity index is 496. The maximum Gasteiger partial charge on any atom is 0.321 e. The van der Waals surface area contributed by atoms with Gasteiger partial charge in [-0.05, 0) is 37.8 Å². The van der Waals surface area contributed by atoms with Gasteiger partial charge in [-0.3, -0.25) is 0 Å². The molecule has 1 aliphatic rings. The minimum atomic E-state index is -0.408. The van der Waals surface area contributed by atoms with Crippen LogP contribution in [0.5, 0.6) is 5.75 Å². The van der Waals surface area contributed by atoms with E-state index in [1.54, 1.807) is 11.8 Å². The van der Waals surface area contributed by atoms with Crippen LogP contribution in [-0.2, 0) is 0 Å². The molecule has 5 nitrogen and oxygen atoms in total. The molecule has 2 N–H and O–H groups in total. The molecule has 21 heavy (non-hydrogen) atoms. The minimum Gasteiger partial charge on any atom is -0.492 e. The van der Waals surface area contributed by atoms with E-state index >= 15 is 0 Å². The molecule has 0 aromatic heterocycles. The highest BCUT2D eigenvalue weighted by molar-refractivity contribution is 5.91. The zero-order chi connectivity index (χ0) is 15.2. The molecule has 0 saturated carbocycles. The standard InChI is InChI=1S/C15H21FN2O3/c1-2-21-14-8-12(16)5-6-13(14)17-15(20)18-7-3-4-11(9-18)10-19/h5-6,8,11,19H,2-4,7,9-10H2,1H3,(H,17,20). The number of carbonyl (C=O) groups is 1. The van der Waals surface area contributed by atoms with Crippen LogP contribution in [-0.4, -0.2) is 42.3 Å². The fourth-order valence-corrected chi connectivity index (χ4v) is 2.47. The van der Waals surface area contributed by atoms with Crippen molar-refractivity contribution in [3.8, 4) is 5.75 Å². The van der Waals surface area contributed by atoms with Crippen molar-refractivity contribution in [2.24, 2.45) is 5.92 Å². The number of benzene rings is 1. The fraction of sp³-hybridized carbons (Fsp3) is 0.533. The second-order valence-corrected chi connectivity index (χ2v) is 5.14. The summed E-state index contributed by atoms with van der Waals surface area (Å²) in [6, 6.07) is 3.78. The molecule has 1 aromatic carbocycles. The van der Waals surface area contributed by atoms with Crippen LogP contribution in [0.1, 0.15) is 19.8 Å². The normalized spacial score (nSPS) is 18.4. The average Bonchev–Trinajstić information content (AvgIpc) is 2.50. The summed E-state index contributed by atoms with van der Waals surface area (Å²) in [5.74, 6) is 0.0420. The molecular weight excluding hydrogens is 275 g/mol. The van der Waals surface area contributed by atoms with Gasteiger partial charge >= 0.3 is 6.03 Å². The van der Waals surface area contributed by atoms with Crippen molar-refractivity contribution >= 4 is 11.7 Å². The predicted molar refractivity (Wildman–Crippen MR) is 78.0 cm³/mol. The third-order valence-electron chi connectivity index (χ3n) is 3.55. The molecule has 1 fully saturated rings. The first-order valence-corrected chi connectivity index (χ1v) is 7.23. The number of ether oxygens (including phenoxy) is 1. The fourth-order valence-electron chi connectivity index (χ4n) is 2.47. The minimum absolute atomic E-state index is 0.0878. The summed E-state index contributed by atoms with van der Waals surface area (Å²) in [6.07, 6.45) is 1.81. The molecule has 1 saturated heterocycles. The molecule has 0 spiro atoms. The number of rotatable bonds is 4. The van der Waals surface area contributed by atoms with Crippen LogP contribution in [0.3, 0.4) is 0 Å². The maximum absolute atomic E-state index is 13.2. The third-order valence-corrected chi connectivity index (χ3v) is 3.55. The molecule has 1 unspecified atom stereocenters. The number of carbonyl (C=O) groups excluding carboxylic acids is 1. The van der Waals surface area contributed by atoms with Gasteiger partial charge in [0, 0.05) is 25.8 Å². The van der Waals surface area contributed by atoms with Crippen molar-refractivity contribution in [3.05, 3.63) is 24.0 Å². The van der Waals surface area contributed by atoms with E-state index in [1.807, 2.05) is 0 Å². The zero-order valence-electron chi connectivity index (χ0n) is 12.1. The summed E-state index contributed by atoms with van der Waals surface area (Å²) in [6.45, 7) is 3.47. The molecule has 1 aromatic rings. The van der Waals surface area contributed by atoms with Crippen LogP contribution in [0, 0.1) is 11.7 Å². The Labute approximate surface area is 123 Å². The smallest absolute Gasteiger partial charge is 0.321 e. The monoisotopic (exact) mass is 296 g/mol. The Morgan fingerprint density at radius 2 is 2.38 bits per heavy atom. The molecule has 0 radical (unpaired) electrons. The number of nitrogens with one attached hydrogen (secondary N) is 1. The number of aliphatic hydroxyl groups excluding tert-OH is 1. The number of anilines is 1. The second-order valence-electron chi connectivity index (χ2n) is 5.14. The Hall–Kier alpha value is -1.82. The molecular formula is C15H21FN2O3. The molecule has 1 atom stereocenters. The summed E-state index contributed by atoms with van der Waals surface area (Å²) < 4.78 is 18.6. The van der Waals surface area contributed by atoms with Crippen LogP contribution in [0.4, 0.5) is 14.9 Å². The Morgan fingerprint density at radius 1 is 1.57 bits per heavy atom. The first-order valence-electron chi connectivity index (χ1n) is 7.23. The van der Waals surface area contributed by atoms with Gasteiger partial charge < -0.3 is 20.1 Å². The molecule has 2 amide bonds. The predicted octanol–water partition coefficient (Wildman–Crippen LogP) is 2.46. The van der Waals surface area contributed by atoms with E-state index in [0.717, 1.165) is 12.8 Å². The van der Waals surface area contributed by atoms with E-state index in [4.69, 9.17) is 4.74 Å². The number of hydrogen-bond donors (Lipinski definition) is 2. The first kappa shape index (κ1) is 15.6. The number of aliphatic hydroxyl groups is 1. The summed E-state index contributed by atoms with van der Waals surface area (Å²) in [5.41, 5.74) is 0.453. The van der Waals surface area contributed by atoms with Gasteiger partial charge in [-0.15, -0.1) is 0 Å². The second kappa shape index (κ2) is 7.26. The van der Waals surface area contributed by atoms with Gasteiger partial charge in [-0.1, -0.05) is 0 Å². The van der Waals surface area contributed by atoms with Crippen molar-refractivity contribution in [2.45, 2.75) is 19.8 Å². The highest BCUT2D eigenvalue weighted by Crippen LogP contribution is 2.26. The first-order chi connectivity index (χ1) is 10.1. The van der Waals surface area contributed by atoms with E-state index in [1.165, 1.54) is 18.2 Å². The van der Waals surface area contributed by atoms with E-state index in [2.05, 4.69) is 5.32 Å². The molecule has 6 heteroatoms. The zero-order valence-corrected chi connectivity index (χ0v) is 12.1. The number of hydrogen-bond acceptors (Lipinski definition) is 3. The molecule has 1 aliphatic heterocycles. The number of halogens is 1. The van der Waals surface area contributed by atoms with Gasteiger partial charge in [-0.2, -0.15) is 0 Å². The van der Waals surface area contributed by atoms with Gasteiger partial charge in [0.2, 0.25) is 0 Å². The van der Waals surface area contributed by atoms with Crippen LogP contribution in [0.25, 0.3) is 0 Å². The number of nitrogens with zero attached hydrogens (tertiary/aromatic N) is 1. The van der Waals surface area contributed by atoms with Crippen LogP contribution >= 0.6 is 0 Å². The highest BCUT2D eigenvalue weighted by Gasteiger charge is 2.23. The lowest BCUT2D eigenvalue weighted by Gasteiger charge is -2.32. The summed E-state index contributed by atoms with van der Waals surface area (Å²) in [4.78, 5) is 13.9. The van der Waals surface area contributed by atoms with Crippen molar-refractivity contribution < 1.29 is 19.0 Å². The van der Waals surface area contributed by atoms with Gasteiger partial charge in [0.1, 0.15) is 11.6 Å². The average molecular weight is 296 g/mol. The number of likely N-dealkylation sites (tertiary alicyclic amines) is 1. The van der Waals surface area contributed by atoms with Crippen molar-refractivity contribution in [1.82, 2.24) is 4.90 Å². The summed E-state index contributed by atoms with van der Waals surface area (Å²) in [5, 5.41) is 12.0. The SMILES string of the molecule is CCOc1cc(F)ccc1NC(=O)N1CCCC(CO)C1. The lowest BCUT2D eigenvalue weighted by atomic mass is 9.99. The molecule has 1 heterocycles. The van der Waals surface area contributed by atoms with E-state index in [9.17, 15) is 14.3 Å². The quantitative estimate of drug-likeness (QED) is 0.897. The van der Waals surface area contributed by atoms with Gasteiger partial charge in [0.25, 0.3) is 0 Å². The maximum atomic E-state index is 13.2. The van der Waals surface area contributed by atoms with Crippen molar-refractivity contribution in [2.75, 3.05) is 31.6 Å². The van der Waals surface area contributed by atoms with Crippen molar-refractivity contribution in [1.29, 1.82) is 0 Å². The van der Waals surface area contributed by atoms with Crippen LogP contribution in [0.15, 0.2) is 18.2 Å². The Balaban J connectivity index is 2.05. The summed E-state index contributed by atoms with van der Waals surface area (Å²) in [7, 11) is 0. The van der Waals surface area contributed by atoms with Gasteiger partial charge in [0.15, 0.2) is 0 Å². The molecule has 0 bridgehead atoms. The molecule has 0 aliphatic carbocycles. The molecule has 116 valence electrons. The number of amides is 2. The highest BCUT2D eigenvalue weighted by atomic mass is 19.1. The van der Waals surface area contributed by atoms with Gasteiger partial charge in [0.05, 0.1) is 12.3 Å². The van der Waals surface area contributed by atoms with E-state index in [-0.39, 0.29) is 18.6 Å². The van der Waals surface area contributed by atoms with Crippen LogP contribution < -0.4 is 10.1 Å². The van der Waals surface area contributed by atoms with Crippen molar-refractivity contribution in [3.63, 3.8) is 0 Å². The number of piperidine rings is 1. The lowest BCUT2D eigenvalue weighted by molar-refractivity contribution is 0.136. The third kappa shape index (κ3) is 4.07. The van der Waals surface area contributed by atoms with E-state index in [0.29, 0.717) is 31.1 Å².